The Morgan fingerprint density at radius 3 is 2.24 bits per heavy atom. The van der Waals surface area contributed by atoms with Gasteiger partial charge in [0.15, 0.2) is 6.23 Å². The molecule has 116 valence electrons. The van der Waals surface area contributed by atoms with E-state index in [-0.39, 0.29) is 5.56 Å². The van der Waals surface area contributed by atoms with E-state index in [1.165, 1.54) is 24.3 Å². The molecule has 8 nitrogen and oxygen atoms in total. The first-order valence-electron chi connectivity index (χ1n) is 6.34. The number of hydrogen-bond acceptors (Lipinski definition) is 7. The molecule has 0 saturated carbocycles. The van der Waals surface area contributed by atoms with Crippen LogP contribution in [0.15, 0.2) is 24.3 Å². The van der Waals surface area contributed by atoms with E-state index in [9.17, 15) is 20.1 Å². The van der Waals surface area contributed by atoms with E-state index in [1.807, 2.05) is 0 Å². The molecule has 1 aromatic carbocycles. The largest absolute Gasteiger partial charge is 0.478 e. The van der Waals surface area contributed by atoms with E-state index in [0.717, 1.165) is 0 Å². The van der Waals surface area contributed by atoms with Gasteiger partial charge in [0.05, 0.1) is 12.2 Å². The normalized spacial score (nSPS) is 32.7. The van der Waals surface area contributed by atoms with Crippen LogP contribution in [0.2, 0.25) is 0 Å². The fraction of sp³-hybridized carbons (Fsp3) is 0.462. The first-order chi connectivity index (χ1) is 9.93. The van der Waals surface area contributed by atoms with E-state index in [2.05, 4.69) is 5.32 Å². The Morgan fingerprint density at radius 1 is 1.10 bits per heavy atom. The number of ether oxygens (including phenoxy) is 1. The fourth-order valence-corrected chi connectivity index (χ4v) is 2.09. The number of nitrogens with one attached hydrogen (secondary N) is 1. The molecule has 0 aliphatic carbocycles. The fourth-order valence-electron chi connectivity index (χ4n) is 2.09. The number of carbonyl (C=O) groups is 1. The number of aliphatic hydroxyl groups excluding tert-OH is 4. The maximum atomic E-state index is 10.7. The molecule has 21 heavy (non-hydrogen) atoms. The summed E-state index contributed by atoms with van der Waals surface area (Å²) in [5.74, 6) is -1.06. The summed E-state index contributed by atoms with van der Waals surface area (Å²) < 4.78 is 5.27. The van der Waals surface area contributed by atoms with Crippen LogP contribution in [-0.4, -0.2) is 68.8 Å². The molecule has 8 heteroatoms. The van der Waals surface area contributed by atoms with Crippen molar-refractivity contribution in [3.63, 3.8) is 0 Å². The van der Waals surface area contributed by atoms with Crippen LogP contribution in [0.4, 0.5) is 5.69 Å². The molecule has 0 unspecified atom stereocenters. The van der Waals surface area contributed by atoms with Gasteiger partial charge in [-0.25, -0.2) is 4.79 Å². The van der Waals surface area contributed by atoms with Crippen LogP contribution in [0.5, 0.6) is 0 Å². The van der Waals surface area contributed by atoms with E-state index in [0.29, 0.717) is 5.69 Å². The topological polar surface area (TPSA) is 139 Å². The molecule has 1 saturated heterocycles. The maximum absolute atomic E-state index is 10.7. The lowest BCUT2D eigenvalue weighted by atomic mass is 9.98. The molecule has 0 aromatic heterocycles. The van der Waals surface area contributed by atoms with Crippen molar-refractivity contribution in [2.45, 2.75) is 30.6 Å². The van der Waals surface area contributed by atoms with Gasteiger partial charge < -0.3 is 35.6 Å². The van der Waals surface area contributed by atoms with Gasteiger partial charge in [0.25, 0.3) is 0 Å². The number of benzene rings is 1. The predicted octanol–water partition coefficient (Wildman–Crippen LogP) is -1.40. The van der Waals surface area contributed by atoms with E-state index in [4.69, 9.17) is 14.9 Å². The summed E-state index contributed by atoms with van der Waals surface area (Å²) in [6.07, 6.45) is -6.33. The molecular weight excluding hydrogens is 282 g/mol. The molecule has 1 aliphatic heterocycles. The van der Waals surface area contributed by atoms with Gasteiger partial charge in [-0.15, -0.1) is 0 Å². The first kappa shape index (κ1) is 15.7. The van der Waals surface area contributed by atoms with Gasteiger partial charge in [0.1, 0.15) is 24.4 Å². The zero-order valence-corrected chi connectivity index (χ0v) is 11.0. The predicted molar refractivity (Wildman–Crippen MR) is 70.8 cm³/mol. The minimum atomic E-state index is -1.47. The summed E-state index contributed by atoms with van der Waals surface area (Å²) in [4.78, 5) is 10.7. The van der Waals surface area contributed by atoms with Crippen LogP contribution in [0, 0.1) is 0 Å². The van der Waals surface area contributed by atoms with Gasteiger partial charge in [0.2, 0.25) is 0 Å². The van der Waals surface area contributed by atoms with Crippen molar-refractivity contribution in [2.24, 2.45) is 0 Å². The minimum absolute atomic E-state index is 0.106. The van der Waals surface area contributed by atoms with Gasteiger partial charge in [-0.1, -0.05) is 0 Å². The Bertz CT molecular complexity index is 490. The van der Waals surface area contributed by atoms with Crippen molar-refractivity contribution in [1.82, 2.24) is 0 Å². The lowest BCUT2D eigenvalue weighted by Crippen LogP contribution is -2.60. The smallest absolute Gasteiger partial charge is 0.335 e. The summed E-state index contributed by atoms with van der Waals surface area (Å²) in [6, 6.07) is 5.69. The average molecular weight is 299 g/mol. The minimum Gasteiger partial charge on any atom is -0.478 e. The molecule has 2 rings (SSSR count). The van der Waals surface area contributed by atoms with Crippen molar-refractivity contribution in [1.29, 1.82) is 0 Å². The zero-order chi connectivity index (χ0) is 15.6. The molecule has 5 atom stereocenters. The van der Waals surface area contributed by atoms with Crippen molar-refractivity contribution >= 4 is 11.7 Å². The van der Waals surface area contributed by atoms with E-state index < -0.39 is 43.2 Å². The Labute approximate surface area is 120 Å². The van der Waals surface area contributed by atoms with Gasteiger partial charge in [0, 0.05) is 5.69 Å². The highest BCUT2D eigenvalue weighted by molar-refractivity contribution is 5.87. The molecule has 0 bridgehead atoms. The third-order valence-corrected chi connectivity index (χ3v) is 3.33. The monoisotopic (exact) mass is 299 g/mol. The quantitative estimate of drug-likeness (QED) is 0.399. The molecule has 0 radical (unpaired) electrons. The van der Waals surface area contributed by atoms with Gasteiger partial charge in [-0.05, 0) is 24.3 Å². The molecule has 0 amide bonds. The maximum Gasteiger partial charge on any atom is 0.335 e. The van der Waals surface area contributed by atoms with Crippen molar-refractivity contribution in [3.8, 4) is 0 Å². The van der Waals surface area contributed by atoms with Crippen molar-refractivity contribution < 1.29 is 35.1 Å². The van der Waals surface area contributed by atoms with Crippen molar-refractivity contribution in [2.75, 3.05) is 11.9 Å². The van der Waals surface area contributed by atoms with E-state index in [1.54, 1.807) is 0 Å². The van der Waals surface area contributed by atoms with Crippen LogP contribution in [0.3, 0.4) is 0 Å². The SMILES string of the molecule is O=C(O)c1ccc(N[C@@H]2O[C@H](CO)[C@H](O)[C@H](O)[C@@H]2O)cc1. The number of aromatic carboxylic acids is 1. The zero-order valence-electron chi connectivity index (χ0n) is 11.0. The highest BCUT2D eigenvalue weighted by atomic mass is 16.6. The number of rotatable bonds is 4. The molecule has 0 spiro atoms. The highest BCUT2D eigenvalue weighted by Crippen LogP contribution is 2.23. The first-order valence-corrected chi connectivity index (χ1v) is 6.34. The van der Waals surface area contributed by atoms with Crippen molar-refractivity contribution in [3.05, 3.63) is 29.8 Å². The summed E-state index contributed by atoms with van der Waals surface area (Å²) in [7, 11) is 0. The number of hydrogen-bond donors (Lipinski definition) is 6. The van der Waals surface area contributed by atoms with Gasteiger partial charge >= 0.3 is 5.97 Å². The number of carboxylic acids is 1. The van der Waals surface area contributed by atoms with Crippen LogP contribution in [0.25, 0.3) is 0 Å². The van der Waals surface area contributed by atoms with Crippen LogP contribution in [0.1, 0.15) is 10.4 Å². The van der Waals surface area contributed by atoms with Gasteiger partial charge in [-0.2, -0.15) is 0 Å². The third-order valence-electron chi connectivity index (χ3n) is 3.33. The second-order valence-electron chi connectivity index (χ2n) is 4.78. The number of anilines is 1. The lowest BCUT2D eigenvalue weighted by Gasteiger charge is -2.40. The van der Waals surface area contributed by atoms with Crippen LogP contribution >= 0.6 is 0 Å². The average Bonchev–Trinajstić information content (AvgIpc) is 2.48. The summed E-state index contributed by atoms with van der Waals surface area (Å²) >= 11 is 0. The number of carboxylic acid groups (broad SMARTS) is 1. The molecule has 6 N–H and O–H groups in total. The second kappa shape index (κ2) is 6.37. The van der Waals surface area contributed by atoms with Crippen LogP contribution < -0.4 is 5.32 Å². The summed E-state index contributed by atoms with van der Waals surface area (Å²) in [6.45, 7) is -0.513. The summed E-state index contributed by atoms with van der Waals surface area (Å²) in [5, 5.41) is 49.8. The Morgan fingerprint density at radius 2 is 1.71 bits per heavy atom. The Balaban J connectivity index is 2.08. The third kappa shape index (κ3) is 3.31. The van der Waals surface area contributed by atoms with Gasteiger partial charge in [-0.3, -0.25) is 0 Å². The highest BCUT2D eigenvalue weighted by Gasteiger charge is 2.43. The number of aliphatic hydroxyl groups is 4. The Hall–Kier alpha value is -1.71. The molecule has 1 aromatic rings. The van der Waals surface area contributed by atoms with Crippen LogP contribution in [-0.2, 0) is 4.74 Å². The molecule has 1 heterocycles. The molecule has 1 fully saturated rings. The standard InChI is InChI=1S/C13H17NO7/c15-5-8-9(16)10(17)11(18)12(21-8)14-7-3-1-6(2-4-7)13(19)20/h1-4,8-12,14-18H,5H2,(H,19,20)/t8-,9+,10+,11+,12-/m1/s1. The van der Waals surface area contributed by atoms with E-state index >= 15 is 0 Å². The Kier molecular flexibility index (Phi) is 4.76. The lowest BCUT2D eigenvalue weighted by molar-refractivity contribution is -0.221. The summed E-state index contributed by atoms with van der Waals surface area (Å²) in [5.41, 5.74) is 0.568. The molecular formula is C13H17NO7. The molecule has 1 aliphatic rings. The second-order valence-corrected chi connectivity index (χ2v) is 4.78.